The number of morpholine rings is 1. The lowest BCUT2D eigenvalue weighted by Crippen LogP contribution is -2.49. The molecule has 0 aliphatic carbocycles. The molecule has 4 rings (SSSR count). The van der Waals surface area contributed by atoms with Crippen LogP contribution in [0.4, 0.5) is 18.0 Å². The van der Waals surface area contributed by atoms with Crippen molar-refractivity contribution in [1.29, 1.82) is 0 Å². The number of nitrogens with one attached hydrogen (secondary N) is 1. The number of hydrogen-bond acceptors (Lipinski definition) is 8. The molecule has 3 heterocycles. The number of halogens is 3. The average molecular weight is 607 g/mol. The molecule has 0 unspecified atom stereocenters. The molecule has 0 saturated carbocycles. The van der Waals surface area contributed by atoms with Gasteiger partial charge >= 0.3 is 12.3 Å². The Kier molecular flexibility index (Phi) is 9.41. The quantitative estimate of drug-likeness (QED) is 0.350. The number of hydrogen-bond donors (Lipinski definition) is 1. The van der Waals surface area contributed by atoms with Gasteiger partial charge in [0.1, 0.15) is 34.8 Å². The normalized spacial score (nSPS) is 16.6. The third-order valence-corrected chi connectivity index (χ3v) is 7.15. The number of pyridine rings is 1. The third-order valence-electron chi connectivity index (χ3n) is 6.19. The van der Waals surface area contributed by atoms with Gasteiger partial charge in [0, 0.05) is 34.9 Å². The predicted octanol–water partition coefficient (Wildman–Crippen LogP) is 6.04. The molecule has 1 saturated heterocycles. The van der Waals surface area contributed by atoms with E-state index in [-0.39, 0.29) is 18.7 Å². The van der Waals surface area contributed by atoms with Crippen molar-refractivity contribution < 1.29 is 37.0 Å². The highest BCUT2D eigenvalue weighted by atomic mass is 32.1. The molecule has 2 amide bonds. The molecular formula is C29H33F3N4O5S. The molecule has 1 aromatic carbocycles. The Labute approximate surface area is 246 Å². The number of benzene rings is 1. The van der Waals surface area contributed by atoms with Gasteiger partial charge in [-0.2, -0.15) is 13.2 Å². The molecule has 1 aliphatic rings. The zero-order valence-electron chi connectivity index (χ0n) is 23.9. The van der Waals surface area contributed by atoms with Crippen LogP contribution in [0.1, 0.15) is 60.2 Å². The van der Waals surface area contributed by atoms with Crippen molar-refractivity contribution in [2.75, 3.05) is 26.3 Å². The number of nitrogens with zero attached hydrogens (tertiary/aromatic N) is 3. The van der Waals surface area contributed by atoms with Crippen LogP contribution >= 0.6 is 11.3 Å². The van der Waals surface area contributed by atoms with Crippen molar-refractivity contribution in [3.63, 3.8) is 0 Å². The van der Waals surface area contributed by atoms with Gasteiger partial charge in [-0.15, -0.1) is 11.3 Å². The number of carbonyl (C=O) groups is 2. The van der Waals surface area contributed by atoms with Gasteiger partial charge in [-0.3, -0.25) is 9.78 Å². The van der Waals surface area contributed by atoms with E-state index in [4.69, 9.17) is 14.2 Å². The van der Waals surface area contributed by atoms with Crippen molar-refractivity contribution in [2.45, 2.75) is 58.5 Å². The maximum atomic E-state index is 13.3. The number of alkyl halides is 3. The van der Waals surface area contributed by atoms with Crippen LogP contribution in [0.25, 0.3) is 10.6 Å². The first-order chi connectivity index (χ1) is 19.7. The topological polar surface area (TPSA) is 103 Å². The lowest BCUT2D eigenvalue weighted by atomic mass is 10.1. The largest absolute Gasteiger partial charge is 0.491 e. The molecule has 0 bridgehead atoms. The fraction of sp³-hybridized carbons (Fsp3) is 0.448. The zero-order chi connectivity index (χ0) is 30.7. The summed E-state index contributed by atoms with van der Waals surface area (Å²) in [6.07, 6.45) is -2.56. The van der Waals surface area contributed by atoms with Gasteiger partial charge in [-0.25, -0.2) is 9.78 Å². The monoisotopic (exact) mass is 606 g/mol. The summed E-state index contributed by atoms with van der Waals surface area (Å²) in [7, 11) is 0. The maximum Gasteiger partial charge on any atom is 0.433 e. The van der Waals surface area contributed by atoms with E-state index < -0.39 is 41.6 Å². The van der Waals surface area contributed by atoms with Crippen LogP contribution in [0, 0.1) is 6.92 Å². The number of thiazole rings is 1. The van der Waals surface area contributed by atoms with E-state index in [1.807, 2.05) is 6.92 Å². The van der Waals surface area contributed by atoms with Gasteiger partial charge in [0.25, 0.3) is 5.91 Å². The van der Waals surface area contributed by atoms with Crippen LogP contribution in [-0.2, 0) is 15.7 Å². The second-order valence-electron chi connectivity index (χ2n) is 10.9. The molecular weight excluding hydrogens is 573 g/mol. The van der Waals surface area contributed by atoms with Crippen molar-refractivity contribution >= 4 is 23.3 Å². The third kappa shape index (κ3) is 8.41. The lowest BCUT2D eigenvalue weighted by molar-refractivity contribution is -0.141. The summed E-state index contributed by atoms with van der Waals surface area (Å²) in [4.78, 5) is 36.2. The van der Waals surface area contributed by atoms with E-state index >= 15 is 0 Å². The van der Waals surface area contributed by atoms with Gasteiger partial charge in [0.15, 0.2) is 0 Å². The maximum absolute atomic E-state index is 13.3. The minimum atomic E-state index is -4.55. The molecule has 13 heteroatoms. The summed E-state index contributed by atoms with van der Waals surface area (Å²) in [5.74, 6) is -0.0558. The Morgan fingerprint density at radius 2 is 1.93 bits per heavy atom. The van der Waals surface area contributed by atoms with Crippen LogP contribution in [0.2, 0.25) is 0 Å². The molecule has 3 aromatic rings. The molecule has 9 nitrogen and oxygen atoms in total. The van der Waals surface area contributed by atoms with E-state index in [0.717, 1.165) is 17.1 Å². The lowest BCUT2D eigenvalue weighted by Gasteiger charge is -2.34. The Balaban J connectivity index is 1.48. The van der Waals surface area contributed by atoms with Crippen molar-refractivity contribution in [2.24, 2.45) is 0 Å². The zero-order valence-corrected chi connectivity index (χ0v) is 24.8. The van der Waals surface area contributed by atoms with Crippen LogP contribution in [0.3, 0.4) is 0 Å². The number of aryl methyl sites for hydroxylation is 1. The Bertz CT molecular complexity index is 1410. The minimum absolute atomic E-state index is 0.119. The van der Waals surface area contributed by atoms with Gasteiger partial charge < -0.3 is 24.4 Å². The van der Waals surface area contributed by atoms with Gasteiger partial charge in [-0.05, 0) is 64.4 Å². The summed E-state index contributed by atoms with van der Waals surface area (Å²) in [5.41, 5.74) is -0.257. The molecule has 1 aliphatic heterocycles. The van der Waals surface area contributed by atoms with Gasteiger partial charge in [0.05, 0.1) is 19.2 Å². The fourth-order valence-electron chi connectivity index (χ4n) is 4.12. The Morgan fingerprint density at radius 1 is 1.17 bits per heavy atom. The van der Waals surface area contributed by atoms with E-state index in [1.165, 1.54) is 17.4 Å². The molecule has 2 aromatic heterocycles. The smallest absolute Gasteiger partial charge is 0.433 e. The summed E-state index contributed by atoms with van der Waals surface area (Å²) >= 11 is 1.46. The summed E-state index contributed by atoms with van der Waals surface area (Å²) in [6, 6.07) is 6.58. The molecule has 1 fully saturated rings. The molecule has 226 valence electrons. The first-order valence-corrected chi connectivity index (χ1v) is 14.1. The minimum Gasteiger partial charge on any atom is -0.491 e. The van der Waals surface area contributed by atoms with Crippen LogP contribution < -0.4 is 10.1 Å². The summed E-state index contributed by atoms with van der Waals surface area (Å²) in [6.45, 7) is 10.1. The highest BCUT2D eigenvalue weighted by Gasteiger charge is 2.32. The Morgan fingerprint density at radius 3 is 2.55 bits per heavy atom. The standard InChI is InChI=1S/C29H33F3N4O5S/c1-17-13-34-26(42-17)21-10-20(25(37)35-18(2)19-6-7-24(33-14-19)29(30,31)32)11-22(12-21)40-16-23-15-36(8-9-39-23)27(38)41-28(3,4)5/h6-7,10-14,18,23H,8-9,15-16H2,1-5H3,(H,35,37)/t18-,23-/m1/s1. The Hall–Kier alpha value is -3.71. The van der Waals surface area contributed by atoms with Crippen molar-refractivity contribution in [3.05, 3.63) is 64.4 Å². The van der Waals surface area contributed by atoms with Crippen LogP contribution in [0.15, 0.2) is 42.7 Å². The number of aromatic nitrogens is 2. The van der Waals surface area contributed by atoms with Gasteiger partial charge in [-0.1, -0.05) is 6.07 Å². The molecule has 0 spiro atoms. The SMILES string of the molecule is Cc1cnc(-c2cc(OC[C@H]3CN(C(=O)OC(C)(C)C)CCO3)cc(C(=O)N[C@H](C)c3ccc(C(F)(F)F)nc3)c2)s1. The number of carbonyl (C=O) groups excluding carboxylic acids is 2. The second-order valence-corrected chi connectivity index (χ2v) is 12.2. The van der Waals surface area contributed by atoms with Gasteiger partial charge in [0.2, 0.25) is 0 Å². The molecule has 2 atom stereocenters. The van der Waals surface area contributed by atoms with E-state index in [0.29, 0.717) is 35.0 Å². The molecule has 1 N–H and O–H groups in total. The number of ether oxygens (including phenoxy) is 3. The fourth-order valence-corrected chi connectivity index (χ4v) is 4.87. The summed E-state index contributed by atoms with van der Waals surface area (Å²) in [5, 5.41) is 3.50. The van der Waals surface area contributed by atoms with E-state index in [9.17, 15) is 22.8 Å². The van der Waals surface area contributed by atoms with Crippen LogP contribution in [0.5, 0.6) is 5.75 Å². The first-order valence-electron chi connectivity index (χ1n) is 13.3. The van der Waals surface area contributed by atoms with Crippen LogP contribution in [-0.4, -0.2) is 64.9 Å². The highest BCUT2D eigenvalue weighted by Crippen LogP contribution is 2.31. The van der Waals surface area contributed by atoms with E-state index in [2.05, 4.69) is 15.3 Å². The average Bonchev–Trinajstić information content (AvgIpc) is 3.37. The molecule has 42 heavy (non-hydrogen) atoms. The second kappa shape index (κ2) is 12.7. The van der Waals surface area contributed by atoms with Crippen molar-refractivity contribution in [3.8, 4) is 16.3 Å². The number of amides is 2. The molecule has 0 radical (unpaired) electrons. The highest BCUT2D eigenvalue weighted by molar-refractivity contribution is 7.14. The first kappa shape index (κ1) is 31.2. The van der Waals surface area contributed by atoms with E-state index in [1.54, 1.807) is 57.0 Å². The predicted molar refractivity (Wildman–Crippen MR) is 150 cm³/mol. The summed E-state index contributed by atoms with van der Waals surface area (Å²) < 4.78 is 56.0. The van der Waals surface area contributed by atoms with Crippen molar-refractivity contribution in [1.82, 2.24) is 20.2 Å². The number of rotatable bonds is 7.